The van der Waals surface area contributed by atoms with E-state index in [1.807, 2.05) is 0 Å². The number of carboxylic acid groups (broad SMARTS) is 1. The Morgan fingerprint density at radius 3 is 3.05 bits per heavy atom. The van der Waals surface area contributed by atoms with E-state index in [2.05, 4.69) is 4.90 Å². The van der Waals surface area contributed by atoms with Gasteiger partial charge in [0.25, 0.3) is 5.69 Å². The zero-order chi connectivity index (χ0) is 15.2. The van der Waals surface area contributed by atoms with Gasteiger partial charge in [-0.1, -0.05) is 6.07 Å². The number of nitro benzene ring substituents is 1. The lowest BCUT2D eigenvalue weighted by atomic mass is 10.1. The molecule has 114 valence electrons. The first-order valence-electron chi connectivity index (χ1n) is 6.90. The fourth-order valence-corrected chi connectivity index (χ4v) is 2.43. The van der Waals surface area contributed by atoms with Crippen molar-refractivity contribution >= 4 is 11.7 Å². The van der Waals surface area contributed by atoms with Gasteiger partial charge in [-0.25, -0.2) is 0 Å². The monoisotopic (exact) mass is 294 g/mol. The Kier molecular flexibility index (Phi) is 5.10. The van der Waals surface area contributed by atoms with Crippen molar-refractivity contribution in [3.63, 3.8) is 0 Å². The highest BCUT2D eigenvalue weighted by molar-refractivity contribution is 5.66. The van der Waals surface area contributed by atoms with Crippen LogP contribution in [0.5, 0.6) is 5.75 Å². The second-order valence-corrected chi connectivity index (χ2v) is 5.08. The summed E-state index contributed by atoms with van der Waals surface area (Å²) < 4.78 is 5.79. The second kappa shape index (κ2) is 7.03. The third-order valence-electron chi connectivity index (χ3n) is 3.44. The van der Waals surface area contributed by atoms with Crippen LogP contribution in [0.15, 0.2) is 24.3 Å². The molecule has 1 atom stereocenters. The first-order valence-corrected chi connectivity index (χ1v) is 6.90. The molecule has 1 aliphatic heterocycles. The number of carboxylic acids is 1. The Hall–Kier alpha value is -2.15. The molecule has 0 spiro atoms. The molecular formula is C14H18N2O5. The Morgan fingerprint density at radius 2 is 2.33 bits per heavy atom. The quantitative estimate of drug-likeness (QED) is 0.636. The Labute approximate surface area is 122 Å². The van der Waals surface area contributed by atoms with Crippen LogP contribution in [0.2, 0.25) is 0 Å². The molecule has 1 heterocycles. The van der Waals surface area contributed by atoms with E-state index < -0.39 is 10.9 Å². The van der Waals surface area contributed by atoms with E-state index in [1.165, 1.54) is 12.1 Å². The number of rotatable bonds is 6. The van der Waals surface area contributed by atoms with Crippen molar-refractivity contribution in [2.24, 2.45) is 0 Å². The Morgan fingerprint density at radius 1 is 1.52 bits per heavy atom. The molecule has 1 unspecified atom stereocenters. The number of aliphatic carboxylic acids is 1. The summed E-state index contributed by atoms with van der Waals surface area (Å²) in [4.78, 5) is 22.9. The molecule has 1 aliphatic rings. The predicted molar refractivity (Wildman–Crippen MR) is 75.4 cm³/mol. The summed E-state index contributed by atoms with van der Waals surface area (Å²) in [6.45, 7) is 2.02. The van der Waals surface area contributed by atoms with Crippen LogP contribution in [-0.4, -0.2) is 46.6 Å². The molecule has 1 fully saturated rings. The molecule has 1 saturated heterocycles. The molecule has 0 radical (unpaired) electrons. The average molecular weight is 294 g/mol. The number of nitro groups is 1. The van der Waals surface area contributed by atoms with Crippen LogP contribution in [0.3, 0.4) is 0 Å². The van der Waals surface area contributed by atoms with E-state index in [-0.39, 0.29) is 18.2 Å². The van der Waals surface area contributed by atoms with Gasteiger partial charge in [-0.2, -0.15) is 0 Å². The summed E-state index contributed by atoms with van der Waals surface area (Å²) in [5.41, 5.74) is 0.00560. The third kappa shape index (κ3) is 4.71. The van der Waals surface area contributed by atoms with E-state index >= 15 is 0 Å². The minimum atomic E-state index is -0.809. The predicted octanol–water partition coefficient (Wildman–Crippen LogP) is 1.91. The number of non-ortho nitro benzene ring substituents is 1. The van der Waals surface area contributed by atoms with Crippen molar-refractivity contribution in [1.82, 2.24) is 4.90 Å². The van der Waals surface area contributed by atoms with Gasteiger partial charge in [0.1, 0.15) is 11.9 Å². The highest BCUT2D eigenvalue weighted by atomic mass is 16.6. The lowest BCUT2D eigenvalue weighted by Crippen LogP contribution is -2.41. The minimum Gasteiger partial charge on any atom is -0.489 e. The number of nitrogens with zero attached hydrogens (tertiary/aromatic N) is 2. The number of piperidine rings is 1. The molecule has 0 saturated carbocycles. The highest BCUT2D eigenvalue weighted by Gasteiger charge is 2.22. The van der Waals surface area contributed by atoms with E-state index in [0.29, 0.717) is 18.8 Å². The van der Waals surface area contributed by atoms with Crippen LogP contribution in [0, 0.1) is 10.1 Å². The number of ether oxygens (including phenoxy) is 1. The molecule has 1 aromatic carbocycles. The van der Waals surface area contributed by atoms with Gasteiger partial charge >= 0.3 is 5.97 Å². The topological polar surface area (TPSA) is 92.9 Å². The molecule has 7 heteroatoms. The van der Waals surface area contributed by atoms with E-state index in [0.717, 1.165) is 19.4 Å². The first-order chi connectivity index (χ1) is 10.0. The highest BCUT2D eigenvalue weighted by Crippen LogP contribution is 2.23. The second-order valence-electron chi connectivity index (χ2n) is 5.08. The molecule has 0 aromatic heterocycles. The van der Waals surface area contributed by atoms with Gasteiger partial charge in [0.05, 0.1) is 17.4 Å². The van der Waals surface area contributed by atoms with Gasteiger partial charge in [0, 0.05) is 19.2 Å². The van der Waals surface area contributed by atoms with Crippen molar-refractivity contribution < 1.29 is 19.6 Å². The Balaban J connectivity index is 1.91. The summed E-state index contributed by atoms with van der Waals surface area (Å²) in [7, 11) is 0. The maximum atomic E-state index is 10.7. The van der Waals surface area contributed by atoms with Crippen molar-refractivity contribution in [2.45, 2.75) is 25.4 Å². The lowest BCUT2D eigenvalue weighted by Gasteiger charge is -2.32. The molecule has 7 nitrogen and oxygen atoms in total. The standard InChI is InChI=1S/C14H18N2O5/c17-14(18)6-8-15-7-2-5-13(10-15)21-12-4-1-3-11(9-12)16(19)20/h1,3-4,9,13H,2,5-8,10H2,(H,17,18). The molecule has 21 heavy (non-hydrogen) atoms. The van der Waals surface area contributed by atoms with E-state index in [4.69, 9.17) is 9.84 Å². The molecule has 1 aromatic rings. The van der Waals surface area contributed by atoms with Gasteiger partial charge in [-0.05, 0) is 25.5 Å². The van der Waals surface area contributed by atoms with Crippen molar-refractivity contribution in [1.29, 1.82) is 0 Å². The smallest absolute Gasteiger partial charge is 0.304 e. The average Bonchev–Trinajstić information content (AvgIpc) is 2.46. The fourth-order valence-electron chi connectivity index (χ4n) is 2.43. The molecule has 0 amide bonds. The molecule has 0 bridgehead atoms. The van der Waals surface area contributed by atoms with Gasteiger partial charge in [-0.15, -0.1) is 0 Å². The maximum Gasteiger partial charge on any atom is 0.304 e. The van der Waals surface area contributed by atoms with E-state index in [9.17, 15) is 14.9 Å². The summed E-state index contributed by atoms with van der Waals surface area (Å²) in [6.07, 6.45) is 1.85. The fraction of sp³-hybridized carbons (Fsp3) is 0.500. The Bertz CT molecular complexity index is 520. The summed E-state index contributed by atoms with van der Waals surface area (Å²) in [5.74, 6) is -0.328. The van der Waals surface area contributed by atoms with Gasteiger partial charge in [0.2, 0.25) is 0 Å². The van der Waals surface area contributed by atoms with Crippen LogP contribution < -0.4 is 4.74 Å². The van der Waals surface area contributed by atoms with E-state index in [1.54, 1.807) is 12.1 Å². The SMILES string of the molecule is O=C(O)CCN1CCCC(Oc2cccc([N+](=O)[O-])c2)C1. The summed E-state index contributed by atoms with van der Waals surface area (Å²) in [6, 6.07) is 6.13. The van der Waals surface area contributed by atoms with Gasteiger partial charge in [-0.3, -0.25) is 19.8 Å². The maximum absolute atomic E-state index is 10.7. The molecule has 0 aliphatic carbocycles. The van der Waals surface area contributed by atoms with Gasteiger partial charge in [0.15, 0.2) is 0 Å². The third-order valence-corrected chi connectivity index (χ3v) is 3.44. The van der Waals surface area contributed by atoms with Crippen LogP contribution >= 0.6 is 0 Å². The normalized spacial score (nSPS) is 19.1. The number of hydrogen-bond donors (Lipinski definition) is 1. The van der Waals surface area contributed by atoms with Crippen LogP contribution in [0.1, 0.15) is 19.3 Å². The van der Waals surface area contributed by atoms with Crippen LogP contribution in [0.25, 0.3) is 0 Å². The van der Waals surface area contributed by atoms with Crippen molar-refractivity contribution in [2.75, 3.05) is 19.6 Å². The van der Waals surface area contributed by atoms with Crippen LogP contribution in [-0.2, 0) is 4.79 Å². The molecule has 1 N–H and O–H groups in total. The zero-order valence-electron chi connectivity index (χ0n) is 11.6. The summed E-state index contributed by atoms with van der Waals surface area (Å²) in [5, 5.41) is 19.4. The molecular weight excluding hydrogens is 276 g/mol. The minimum absolute atomic E-state index is 0.00560. The van der Waals surface area contributed by atoms with Gasteiger partial charge < -0.3 is 9.84 Å². The van der Waals surface area contributed by atoms with Crippen LogP contribution in [0.4, 0.5) is 5.69 Å². The number of likely N-dealkylation sites (tertiary alicyclic amines) is 1. The summed E-state index contributed by atoms with van der Waals surface area (Å²) >= 11 is 0. The number of carbonyl (C=O) groups is 1. The van der Waals surface area contributed by atoms with Crippen molar-refractivity contribution in [3.05, 3.63) is 34.4 Å². The number of benzene rings is 1. The molecule has 2 rings (SSSR count). The van der Waals surface area contributed by atoms with Crippen molar-refractivity contribution in [3.8, 4) is 5.75 Å². The number of hydrogen-bond acceptors (Lipinski definition) is 5. The largest absolute Gasteiger partial charge is 0.489 e. The zero-order valence-corrected chi connectivity index (χ0v) is 11.6. The first kappa shape index (κ1) is 15.2. The lowest BCUT2D eigenvalue weighted by molar-refractivity contribution is -0.385.